The van der Waals surface area contributed by atoms with Gasteiger partial charge in [-0.2, -0.15) is 0 Å². The lowest BCUT2D eigenvalue weighted by atomic mass is 10.2. The van der Waals surface area contributed by atoms with Gasteiger partial charge in [0.15, 0.2) is 0 Å². The Morgan fingerprint density at radius 1 is 1.44 bits per heavy atom. The lowest BCUT2D eigenvalue weighted by Gasteiger charge is -2.25. The Hall–Kier alpha value is -1.40. The van der Waals surface area contributed by atoms with E-state index in [1.807, 2.05) is 0 Å². The number of ether oxygens (including phenoxy) is 3. The smallest absolute Gasteiger partial charge is 0.361 e. The van der Waals surface area contributed by atoms with E-state index in [1.54, 1.807) is 6.92 Å². The summed E-state index contributed by atoms with van der Waals surface area (Å²) in [5.74, 6) is -1.99. The van der Waals surface area contributed by atoms with Crippen LogP contribution in [0, 0.1) is 0 Å². The number of carbonyl (C=O) groups is 1. The zero-order valence-electron chi connectivity index (χ0n) is 9.98. The van der Waals surface area contributed by atoms with Crippen LogP contribution in [0.25, 0.3) is 0 Å². The molecule has 0 N–H and O–H groups in total. The van der Waals surface area contributed by atoms with Gasteiger partial charge < -0.3 is 19.0 Å². The molecule has 0 amide bonds. The summed E-state index contributed by atoms with van der Waals surface area (Å²) in [5, 5.41) is 3.55. The molecule has 6 heteroatoms. The van der Waals surface area contributed by atoms with Crippen LogP contribution in [0.3, 0.4) is 0 Å². The monoisotopic (exact) mass is 231 g/mol. The summed E-state index contributed by atoms with van der Waals surface area (Å²) in [6.07, 6.45) is 1.07. The molecule has 0 aromatic rings. The molecule has 0 aromatic carbocycles. The third-order valence-corrected chi connectivity index (χ3v) is 1.90. The Morgan fingerprint density at radius 2 is 2.00 bits per heavy atom. The molecule has 0 saturated carbocycles. The molecule has 0 spiro atoms. The molecule has 0 fully saturated rings. The van der Waals surface area contributed by atoms with Crippen LogP contribution < -0.4 is 0 Å². The molecule has 16 heavy (non-hydrogen) atoms. The molecule has 0 unspecified atom stereocenters. The van der Waals surface area contributed by atoms with Crippen LogP contribution in [0.5, 0.6) is 0 Å². The number of carbonyl (C=O) groups excluding carboxylic acids is 1. The molecule has 0 aromatic heterocycles. The first kappa shape index (κ1) is 14.6. The van der Waals surface area contributed by atoms with Gasteiger partial charge in [-0.3, -0.25) is 0 Å². The summed E-state index contributed by atoms with van der Waals surface area (Å²) < 4.78 is 14.9. The summed E-state index contributed by atoms with van der Waals surface area (Å²) >= 11 is 0. The average Bonchev–Trinajstić information content (AvgIpc) is 2.29. The van der Waals surface area contributed by atoms with E-state index in [4.69, 9.17) is 14.2 Å². The van der Waals surface area contributed by atoms with E-state index in [0.29, 0.717) is 0 Å². The highest BCUT2D eigenvalue weighted by molar-refractivity contribution is 6.39. The summed E-state index contributed by atoms with van der Waals surface area (Å²) in [6, 6.07) is 0. The fourth-order valence-electron chi connectivity index (χ4n) is 0.872. The van der Waals surface area contributed by atoms with Crippen LogP contribution in [-0.4, -0.2) is 38.3 Å². The molecule has 0 atom stereocenters. The number of oxime groups is 1. The van der Waals surface area contributed by atoms with Crippen molar-refractivity contribution in [1.82, 2.24) is 0 Å². The van der Waals surface area contributed by atoms with Crippen molar-refractivity contribution in [3.63, 3.8) is 0 Å². The second-order valence-electron chi connectivity index (χ2n) is 2.79. The molecule has 0 bridgehead atoms. The molecular weight excluding hydrogens is 214 g/mol. The second kappa shape index (κ2) is 6.97. The predicted octanol–water partition coefficient (Wildman–Crippen LogP) is 1.07. The standard InChI is InChI=1S/C10H17NO5/c1-6-15-9(12)8(11-16-7-2)10(3,13-4)14-5/h7H,2,6H2,1,3-5H3/b11-8-. The van der Waals surface area contributed by atoms with Gasteiger partial charge in [0.1, 0.15) is 6.26 Å². The van der Waals surface area contributed by atoms with Crippen LogP contribution in [0.1, 0.15) is 13.8 Å². The minimum Gasteiger partial charge on any atom is -0.461 e. The Kier molecular flexibility index (Phi) is 6.36. The third kappa shape index (κ3) is 3.63. The van der Waals surface area contributed by atoms with Gasteiger partial charge in [0.25, 0.3) is 0 Å². The first-order valence-corrected chi connectivity index (χ1v) is 4.68. The highest BCUT2D eigenvalue weighted by Gasteiger charge is 2.38. The Morgan fingerprint density at radius 3 is 2.38 bits per heavy atom. The zero-order chi connectivity index (χ0) is 12.6. The van der Waals surface area contributed by atoms with E-state index in [-0.39, 0.29) is 12.3 Å². The van der Waals surface area contributed by atoms with Crippen LogP contribution in [-0.2, 0) is 23.8 Å². The number of esters is 1. The maximum Gasteiger partial charge on any atom is 0.361 e. The lowest BCUT2D eigenvalue weighted by molar-refractivity contribution is -0.155. The van der Waals surface area contributed by atoms with Crippen LogP contribution >= 0.6 is 0 Å². The molecule has 0 rings (SSSR count). The SMILES string of the molecule is C=CO/N=C(/C(=O)OCC)C(C)(OC)OC. The number of hydrogen-bond acceptors (Lipinski definition) is 6. The zero-order valence-corrected chi connectivity index (χ0v) is 9.98. The normalized spacial score (nSPS) is 12.1. The Bertz CT molecular complexity index is 270. The van der Waals surface area contributed by atoms with E-state index < -0.39 is 11.8 Å². The fourth-order valence-corrected chi connectivity index (χ4v) is 0.872. The molecular formula is C10H17NO5. The predicted molar refractivity (Wildman–Crippen MR) is 57.8 cm³/mol. The number of methoxy groups -OCH3 is 2. The fraction of sp³-hybridized carbons (Fsp3) is 0.600. The Labute approximate surface area is 94.8 Å². The van der Waals surface area contributed by atoms with Gasteiger partial charge in [-0.15, -0.1) is 0 Å². The van der Waals surface area contributed by atoms with Gasteiger partial charge in [-0.05, 0) is 13.8 Å². The quantitative estimate of drug-likeness (QED) is 0.215. The second-order valence-corrected chi connectivity index (χ2v) is 2.79. The van der Waals surface area contributed by atoms with Crippen molar-refractivity contribution in [3.05, 3.63) is 12.8 Å². The summed E-state index contributed by atoms with van der Waals surface area (Å²) in [5.41, 5.74) is -0.126. The molecule has 0 heterocycles. The number of rotatable bonds is 7. The highest BCUT2D eigenvalue weighted by Crippen LogP contribution is 2.14. The van der Waals surface area contributed by atoms with E-state index in [2.05, 4.69) is 16.6 Å². The average molecular weight is 231 g/mol. The molecule has 92 valence electrons. The van der Waals surface area contributed by atoms with E-state index in [1.165, 1.54) is 21.1 Å². The van der Waals surface area contributed by atoms with Crippen molar-refractivity contribution in [2.75, 3.05) is 20.8 Å². The van der Waals surface area contributed by atoms with Gasteiger partial charge in [-0.25, -0.2) is 4.79 Å². The van der Waals surface area contributed by atoms with Crippen molar-refractivity contribution in [2.24, 2.45) is 5.16 Å². The molecule has 0 aliphatic rings. The topological polar surface area (TPSA) is 66.4 Å². The van der Waals surface area contributed by atoms with E-state index >= 15 is 0 Å². The molecule has 0 aliphatic carbocycles. The van der Waals surface area contributed by atoms with Crippen molar-refractivity contribution in [3.8, 4) is 0 Å². The van der Waals surface area contributed by atoms with E-state index in [0.717, 1.165) is 6.26 Å². The number of hydrogen-bond donors (Lipinski definition) is 0. The summed E-state index contributed by atoms with van der Waals surface area (Å²) in [6.45, 7) is 6.73. The number of nitrogens with zero attached hydrogens (tertiary/aromatic N) is 1. The third-order valence-electron chi connectivity index (χ3n) is 1.90. The van der Waals surface area contributed by atoms with Crippen molar-refractivity contribution in [2.45, 2.75) is 19.6 Å². The molecule has 0 radical (unpaired) electrons. The van der Waals surface area contributed by atoms with Gasteiger partial charge >= 0.3 is 5.97 Å². The lowest BCUT2D eigenvalue weighted by Crippen LogP contribution is -2.44. The maximum atomic E-state index is 11.6. The largest absolute Gasteiger partial charge is 0.461 e. The van der Waals surface area contributed by atoms with Crippen molar-refractivity contribution >= 4 is 11.7 Å². The first-order valence-electron chi connectivity index (χ1n) is 4.68. The van der Waals surface area contributed by atoms with E-state index in [9.17, 15) is 4.79 Å². The van der Waals surface area contributed by atoms with Gasteiger partial charge in [0.05, 0.1) is 6.61 Å². The molecule has 6 nitrogen and oxygen atoms in total. The first-order chi connectivity index (χ1) is 7.55. The summed E-state index contributed by atoms with van der Waals surface area (Å²) in [7, 11) is 2.76. The Balaban J connectivity index is 5.06. The van der Waals surface area contributed by atoms with Crippen LogP contribution in [0.15, 0.2) is 18.0 Å². The summed E-state index contributed by atoms with van der Waals surface area (Å²) in [4.78, 5) is 16.2. The van der Waals surface area contributed by atoms with Gasteiger partial charge in [0.2, 0.25) is 11.5 Å². The van der Waals surface area contributed by atoms with Crippen molar-refractivity contribution < 1.29 is 23.8 Å². The van der Waals surface area contributed by atoms with Crippen molar-refractivity contribution in [1.29, 1.82) is 0 Å². The minimum atomic E-state index is -1.32. The van der Waals surface area contributed by atoms with Gasteiger partial charge in [-0.1, -0.05) is 11.7 Å². The maximum absolute atomic E-state index is 11.6. The van der Waals surface area contributed by atoms with Crippen LogP contribution in [0.2, 0.25) is 0 Å². The van der Waals surface area contributed by atoms with Crippen LogP contribution in [0.4, 0.5) is 0 Å². The highest BCUT2D eigenvalue weighted by atomic mass is 16.7. The molecule has 0 aliphatic heterocycles. The van der Waals surface area contributed by atoms with Gasteiger partial charge in [0, 0.05) is 14.2 Å². The molecule has 0 saturated heterocycles. The minimum absolute atomic E-state index is 0.126.